The summed E-state index contributed by atoms with van der Waals surface area (Å²) >= 11 is 5.76. The number of hydrogen-bond acceptors (Lipinski definition) is 3. The Hall–Kier alpha value is -2.34. The van der Waals surface area contributed by atoms with Crippen molar-refractivity contribution in [2.75, 3.05) is 11.9 Å². The maximum Gasteiger partial charge on any atom is 0.387 e. The van der Waals surface area contributed by atoms with E-state index in [2.05, 4.69) is 10.1 Å². The molecule has 0 atom stereocenters. The molecule has 0 aliphatic carbocycles. The lowest BCUT2D eigenvalue weighted by molar-refractivity contribution is -0.116. The van der Waals surface area contributed by atoms with Crippen LogP contribution in [0.25, 0.3) is 0 Å². The first-order chi connectivity index (χ1) is 11.0. The average Bonchev–Trinajstić information content (AvgIpc) is 2.51. The molecule has 2 aromatic rings. The lowest BCUT2D eigenvalue weighted by atomic mass is 10.3. The molecule has 23 heavy (non-hydrogen) atoms. The molecule has 2 rings (SSSR count). The van der Waals surface area contributed by atoms with Crippen LogP contribution in [0.4, 0.5) is 14.5 Å². The van der Waals surface area contributed by atoms with Crippen molar-refractivity contribution < 1.29 is 23.0 Å². The molecule has 7 heteroatoms. The molecule has 4 nitrogen and oxygen atoms in total. The topological polar surface area (TPSA) is 47.6 Å². The van der Waals surface area contributed by atoms with E-state index >= 15 is 0 Å². The Kier molecular flexibility index (Phi) is 6.17. The monoisotopic (exact) mass is 341 g/mol. The van der Waals surface area contributed by atoms with Crippen LogP contribution in [0.5, 0.6) is 11.5 Å². The first-order valence-corrected chi connectivity index (χ1v) is 7.14. The van der Waals surface area contributed by atoms with Gasteiger partial charge in [-0.3, -0.25) is 4.79 Å². The zero-order valence-corrected chi connectivity index (χ0v) is 12.7. The van der Waals surface area contributed by atoms with Gasteiger partial charge in [0.25, 0.3) is 0 Å². The molecule has 0 aromatic heterocycles. The molecule has 1 N–H and O–H groups in total. The standard InChI is InChI=1S/C16H14ClF2NO3/c17-11-1-5-13(6-2-11)22-10-9-15(21)20-12-3-7-14(8-4-12)23-16(18)19/h1-8,16H,9-10H2,(H,20,21). The van der Waals surface area contributed by atoms with Gasteiger partial charge in [0.05, 0.1) is 13.0 Å². The highest BCUT2D eigenvalue weighted by atomic mass is 35.5. The number of benzene rings is 2. The van der Waals surface area contributed by atoms with Gasteiger partial charge in [-0.05, 0) is 48.5 Å². The van der Waals surface area contributed by atoms with Crippen molar-refractivity contribution in [3.05, 3.63) is 53.6 Å². The van der Waals surface area contributed by atoms with Crippen LogP contribution in [0.2, 0.25) is 5.02 Å². The van der Waals surface area contributed by atoms with Crippen molar-refractivity contribution in [1.82, 2.24) is 0 Å². The molecule has 0 bridgehead atoms. The molecule has 122 valence electrons. The van der Waals surface area contributed by atoms with E-state index in [0.717, 1.165) is 0 Å². The number of amides is 1. The van der Waals surface area contributed by atoms with Crippen LogP contribution in [0.3, 0.4) is 0 Å². The van der Waals surface area contributed by atoms with Crippen molar-refractivity contribution in [2.45, 2.75) is 13.0 Å². The summed E-state index contributed by atoms with van der Waals surface area (Å²) < 4.78 is 33.7. The van der Waals surface area contributed by atoms with Gasteiger partial charge in [-0.2, -0.15) is 8.78 Å². The van der Waals surface area contributed by atoms with Gasteiger partial charge in [0.2, 0.25) is 5.91 Å². The third-order valence-electron chi connectivity index (χ3n) is 2.77. The van der Waals surface area contributed by atoms with Gasteiger partial charge in [0.15, 0.2) is 0 Å². The molecule has 0 fully saturated rings. The van der Waals surface area contributed by atoms with E-state index in [1.165, 1.54) is 24.3 Å². The molecule has 2 aromatic carbocycles. The minimum atomic E-state index is -2.87. The minimum absolute atomic E-state index is 0.0315. The predicted octanol–water partition coefficient (Wildman–Crippen LogP) is 4.35. The van der Waals surface area contributed by atoms with Crippen LogP contribution in [0.15, 0.2) is 48.5 Å². The molecule has 0 spiro atoms. The van der Waals surface area contributed by atoms with Crippen molar-refractivity contribution in [3.8, 4) is 11.5 Å². The Bertz CT molecular complexity index is 633. The van der Waals surface area contributed by atoms with Crippen LogP contribution >= 0.6 is 11.6 Å². The number of hydrogen-bond donors (Lipinski definition) is 1. The number of nitrogens with one attached hydrogen (secondary N) is 1. The fraction of sp³-hybridized carbons (Fsp3) is 0.188. The second-order valence-corrected chi connectivity index (χ2v) is 4.94. The van der Waals surface area contributed by atoms with E-state index in [0.29, 0.717) is 16.5 Å². The number of carbonyl (C=O) groups excluding carboxylic acids is 1. The first kappa shape index (κ1) is 17.0. The maximum absolute atomic E-state index is 12.0. The number of alkyl halides is 2. The molecule has 1 amide bonds. The van der Waals surface area contributed by atoms with E-state index in [1.54, 1.807) is 24.3 Å². The first-order valence-electron chi connectivity index (χ1n) is 6.76. The van der Waals surface area contributed by atoms with Gasteiger partial charge in [-0.15, -0.1) is 0 Å². The van der Waals surface area contributed by atoms with E-state index in [4.69, 9.17) is 16.3 Å². The van der Waals surface area contributed by atoms with Gasteiger partial charge < -0.3 is 14.8 Å². The normalized spacial score (nSPS) is 10.4. The summed E-state index contributed by atoms with van der Waals surface area (Å²) in [6, 6.07) is 12.5. The highest BCUT2D eigenvalue weighted by Gasteiger charge is 2.06. The third-order valence-corrected chi connectivity index (χ3v) is 3.03. The zero-order chi connectivity index (χ0) is 16.7. The molecular weight excluding hydrogens is 328 g/mol. The average molecular weight is 342 g/mol. The number of anilines is 1. The van der Waals surface area contributed by atoms with E-state index in [1.807, 2.05) is 0 Å². The van der Waals surface area contributed by atoms with Gasteiger partial charge in [-0.1, -0.05) is 11.6 Å². The van der Waals surface area contributed by atoms with E-state index in [-0.39, 0.29) is 24.7 Å². The minimum Gasteiger partial charge on any atom is -0.493 e. The summed E-state index contributed by atoms with van der Waals surface area (Å²) in [4.78, 5) is 11.8. The summed E-state index contributed by atoms with van der Waals surface area (Å²) in [5.74, 6) is 0.404. The lowest BCUT2D eigenvalue weighted by Crippen LogP contribution is -2.15. The number of ether oxygens (including phenoxy) is 2. The van der Waals surface area contributed by atoms with Crippen LogP contribution in [-0.4, -0.2) is 19.1 Å². The van der Waals surface area contributed by atoms with E-state index < -0.39 is 6.61 Å². The fourth-order valence-corrected chi connectivity index (χ4v) is 1.86. The Balaban J connectivity index is 1.75. The van der Waals surface area contributed by atoms with Gasteiger partial charge >= 0.3 is 6.61 Å². The largest absolute Gasteiger partial charge is 0.493 e. The highest BCUT2D eigenvalue weighted by molar-refractivity contribution is 6.30. The summed E-state index contributed by atoms with van der Waals surface area (Å²) in [6.07, 6.45) is 0.151. The number of halogens is 3. The summed E-state index contributed by atoms with van der Waals surface area (Å²) in [5, 5.41) is 3.24. The van der Waals surface area contributed by atoms with Crippen LogP contribution in [0.1, 0.15) is 6.42 Å². The van der Waals surface area contributed by atoms with Gasteiger partial charge in [0, 0.05) is 10.7 Å². The molecule has 0 saturated heterocycles. The number of carbonyl (C=O) groups is 1. The quantitative estimate of drug-likeness (QED) is 0.814. The van der Waals surface area contributed by atoms with Crippen LogP contribution in [-0.2, 0) is 4.79 Å². The zero-order valence-electron chi connectivity index (χ0n) is 12.0. The van der Waals surface area contributed by atoms with Crippen molar-refractivity contribution >= 4 is 23.2 Å². The summed E-state index contributed by atoms with van der Waals surface area (Å²) in [7, 11) is 0. The second-order valence-electron chi connectivity index (χ2n) is 4.50. The lowest BCUT2D eigenvalue weighted by Gasteiger charge is -2.08. The highest BCUT2D eigenvalue weighted by Crippen LogP contribution is 2.18. The second kappa shape index (κ2) is 8.33. The molecule has 0 unspecified atom stereocenters. The molecule has 0 heterocycles. The maximum atomic E-state index is 12.0. The Morgan fingerprint density at radius 3 is 2.26 bits per heavy atom. The Morgan fingerprint density at radius 2 is 1.65 bits per heavy atom. The molecular formula is C16H14ClF2NO3. The van der Waals surface area contributed by atoms with Crippen molar-refractivity contribution in [1.29, 1.82) is 0 Å². The smallest absolute Gasteiger partial charge is 0.387 e. The fourth-order valence-electron chi connectivity index (χ4n) is 1.74. The third kappa shape index (κ3) is 6.12. The Morgan fingerprint density at radius 1 is 1.04 bits per heavy atom. The van der Waals surface area contributed by atoms with E-state index in [9.17, 15) is 13.6 Å². The molecule has 0 aliphatic heterocycles. The summed E-state index contributed by atoms with van der Waals surface area (Å²) in [5.41, 5.74) is 0.489. The van der Waals surface area contributed by atoms with Crippen molar-refractivity contribution in [3.63, 3.8) is 0 Å². The van der Waals surface area contributed by atoms with Crippen LogP contribution in [0, 0.1) is 0 Å². The number of rotatable bonds is 7. The SMILES string of the molecule is O=C(CCOc1ccc(Cl)cc1)Nc1ccc(OC(F)F)cc1. The molecule has 0 aliphatic rings. The van der Waals surface area contributed by atoms with Crippen LogP contribution < -0.4 is 14.8 Å². The Labute approximate surface area is 137 Å². The van der Waals surface area contributed by atoms with Gasteiger partial charge in [0.1, 0.15) is 11.5 Å². The molecule has 0 radical (unpaired) electrons. The molecule has 0 saturated carbocycles. The van der Waals surface area contributed by atoms with Gasteiger partial charge in [-0.25, -0.2) is 0 Å². The summed E-state index contributed by atoms with van der Waals surface area (Å²) in [6.45, 7) is -2.67. The predicted molar refractivity (Wildman–Crippen MR) is 83.3 cm³/mol. The van der Waals surface area contributed by atoms with Crippen molar-refractivity contribution in [2.24, 2.45) is 0 Å².